The van der Waals surface area contributed by atoms with E-state index in [1.165, 1.54) is 17.5 Å². The molecule has 1 N–H and O–H groups in total. The molecule has 1 aromatic rings. The molecule has 138 valence electrons. The van der Waals surface area contributed by atoms with Gasteiger partial charge in [-0.3, -0.25) is 0 Å². The van der Waals surface area contributed by atoms with Gasteiger partial charge in [0, 0.05) is 38.1 Å². The second-order valence-corrected chi connectivity index (χ2v) is 7.10. The Kier molecular flexibility index (Phi) is 6.19. The van der Waals surface area contributed by atoms with Crippen LogP contribution in [0.25, 0.3) is 0 Å². The number of urea groups is 1. The Morgan fingerprint density at radius 3 is 3.04 bits per heavy atom. The number of nitrogens with one attached hydrogen (secondary N) is 1. The highest BCUT2D eigenvalue weighted by molar-refractivity contribution is 5.74. The van der Waals surface area contributed by atoms with Gasteiger partial charge in [0.2, 0.25) is 0 Å². The number of fused-ring (bicyclic) bond motifs is 1. The summed E-state index contributed by atoms with van der Waals surface area (Å²) in [5.41, 5.74) is 2.73. The third-order valence-electron chi connectivity index (χ3n) is 5.42. The van der Waals surface area contributed by atoms with Crippen molar-refractivity contribution < 1.29 is 14.3 Å². The van der Waals surface area contributed by atoms with Gasteiger partial charge in [-0.1, -0.05) is 6.07 Å². The Morgan fingerprint density at radius 2 is 2.24 bits per heavy atom. The maximum absolute atomic E-state index is 12.5. The highest BCUT2D eigenvalue weighted by Gasteiger charge is 2.27. The zero-order chi connectivity index (χ0) is 17.6. The number of amides is 2. The predicted molar refractivity (Wildman–Crippen MR) is 98.2 cm³/mol. The molecule has 0 saturated carbocycles. The molecule has 0 radical (unpaired) electrons. The first kappa shape index (κ1) is 18.1. The number of likely N-dealkylation sites (tertiary alicyclic amines) is 1. The fourth-order valence-electron chi connectivity index (χ4n) is 3.99. The molecule has 0 aromatic heterocycles. The average Bonchev–Trinajstić information content (AvgIpc) is 3.12. The van der Waals surface area contributed by atoms with Gasteiger partial charge in [-0.05, 0) is 55.9 Å². The second-order valence-electron chi connectivity index (χ2n) is 7.10. The Labute approximate surface area is 150 Å². The van der Waals surface area contributed by atoms with Crippen LogP contribution < -0.4 is 10.1 Å². The average molecular weight is 346 g/mol. The SMILES string of the molecule is CCOC[C@H]1CCN(C(=O)NC[C@H]2CCCc3cc(OC)ccc32)C1. The van der Waals surface area contributed by atoms with Crippen LogP contribution in [0.5, 0.6) is 5.75 Å². The lowest BCUT2D eigenvalue weighted by Crippen LogP contribution is -2.40. The van der Waals surface area contributed by atoms with Crippen LogP contribution in [0.2, 0.25) is 0 Å². The van der Waals surface area contributed by atoms with E-state index in [9.17, 15) is 4.79 Å². The molecular formula is C20H30N2O3. The molecule has 1 aromatic carbocycles. The van der Waals surface area contributed by atoms with Crippen LogP contribution in [0.15, 0.2) is 18.2 Å². The van der Waals surface area contributed by atoms with Gasteiger partial charge >= 0.3 is 6.03 Å². The highest BCUT2D eigenvalue weighted by Crippen LogP contribution is 2.33. The van der Waals surface area contributed by atoms with Gasteiger partial charge in [-0.25, -0.2) is 4.79 Å². The number of benzene rings is 1. The number of methoxy groups -OCH3 is 1. The minimum atomic E-state index is 0.0691. The van der Waals surface area contributed by atoms with Crippen LogP contribution in [0.1, 0.15) is 43.2 Å². The fourth-order valence-corrected chi connectivity index (χ4v) is 3.99. The van der Waals surface area contributed by atoms with Gasteiger partial charge in [-0.15, -0.1) is 0 Å². The van der Waals surface area contributed by atoms with E-state index < -0.39 is 0 Å². The summed E-state index contributed by atoms with van der Waals surface area (Å²) >= 11 is 0. The van der Waals surface area contributed by atoms with E-state index in [1.54, 1.807) is 7.11 Å². The largest absolute Gasteiger partial charge is 0.497 e. The molecular weight excluding hydrogens is 316 g/mol. The zero-order valence-corrected chi connectivity index (χ0v) is 15.4. The molecule has 1 aliphatic heterocycles. The van der Waals surface area contributed by atoms with Crippen LogP contribution in [-0.4, -0.2) is 50.9 Å². The third-order valence-corrected chi connectivity index (χ3v) is 5.42. The number of nitrogens with zero attached hydrogens (tertiary/aromatic N) is 1. The van der Waals surface area contributed by atoms with Crippen LogP contribution in [0.3, 0.4) is 0 Å². The normalized spacial score (nSPS) is 22.6. The van der Waals surface area contributed by atoms with Crippen LogP contribution in [0.4, 0.5) is 4.79 Å². The molecule has 5 heteroatoms. The van der Waals surface area contributed by atoms with E-state index in [0.717, 1.165) is 51.3 Å². The molecule has 1 fully saturated rings. The lowest BCUT2D eigenvalue weighted by Gasteiger charge is -2.27. The standard InChI is InChI=1S/C20H30N2O3/c1-3-25-14-15-9-10-22(13-15)20(23)21-12-17-6-4-5-16-11-18(24-2)7-8-19(16)17/h7-8,11,15,17H,3-6,9-10,12-14H2,1-2H3,(H,21,23)/t15-,17+/m0/s1. The van der Waals surface area contributed by atoms with Gasteiger partial charge < -0.3 is 19.7 Å². The minimum absolute atomic E-state index is 0.0691. The summed E-state index contributed by atoms with van der Waals surface area (Å²) in [6.07, 6.45) is 4.44. The van der Waals surface area contributed by atoms with E-state index >= 15 is 0 Å². The maximum Gasteiger partial charge on any atom is 0.317 e. The van der Waals surface area contributed by atoms with Crippen molar-refractivity contribution >= 4 is 6.03 Å². The van der Waals surface area contributed by atoms with Gasteiger partial charge in [0.05, 0.1) is 13.7 Å². The first-order chi connectivity index (χ1) is 12.2. The molecule has 25 heavy (non-hydrogen) atoms. The van der Waals surface area contributed by atoms with E-state index in [0.29, 0.717) is 18.4 Å². The van der Waals surface area contributed by atoms with Crippen LogP contribution in [0, 0.1) is 5.92 Å². The topological polar surface area (TPSA) is 50.8 Å². The number of hydrogen-bond donors (Lipinski definition) is 1. The minimum Gasteiger partial charge on any atom is -0.497 e. The van der Waals surface area contributed by atoms with Crippen LogP contribution in [-0.2, 0) is 11.2 Å². The maximum atomic E-state index is 12.5. The summed E-state index contributed by atoms with van der Waals surface area (Å²) in [5, 5.41) is 3.16. The predicted octanol–water partition coefficient (Wildman–Crippen LogP) is 3.18. The van der Waals surface area contributed by atoms with Gasteiger partial charge in [0.1, 0.15) is 5.75 Å². The first-order valence-corrected chi connectivity index (χ1v) is 9.48. The van der Waals surface area contributed by atoms with Crippen molar-refractivity contribution in [1.82, 2.24) is 10.2 Å². The number of aryl methyl sites for hydroxylation is 1. The number of carbonyl (C=O) groups is 1. The summed E-state index contributed by atoms with van der Waals surface area (Å²) < 4.78 is 10.8. The van der Waals surface area contributed by atoms with Gasteiger partial charge in [0.15, 0.2) is 0 Å². The number of hydrogen-bond acceptors (Lipinski definition) is 3. The van der Waals surface area contributed by atoms with Gasteiger partial charge in [-0.2, -0.15) is 0 Å². The monoisotopic (exact) mass is 346 g/mol. The van der Waals surface area contributed by atoms with Crippen molar-refractivity contribution in [2.45, 2.75) is 38.5 Å². The molecule has 1 aliphatic carbocycles. The van der Waals surface area contributed by atoms with Gasteiger partial charge in [0.25, 0.3) is 0 Å². The molecule has 0 unspecified atom stereocenters. The summed E-state index contributed by atoms with van der Waals surface area (Å²) in [6.45, 7) is 5.88. The molecule has 0 spiro atoms. The Hall–Kier alpha value is -1.75. The van der Waals surface area contributed by atoms with Crippen molar-refractivity contribution in [2.75, 3.05) is 40.0 Å². The number of carbonyl (C=O) groups excluding carboxylic acids is 1. The van der Waals surface area contributed by atoms with Crippen molar-refractivity contribution in [3.8, 4) is 5.75 Å². The smallest absolute Gasteiger partial charge is 0.317 e. The van der Waals surface area contributed by atoms with Crippen molar-refractivity contribution in [3.05, 3.63) is 29.3 Å². The molecule has 2 atom stereocenters. The quantitative estimate of drug-likeness (QED) is 0.861. The lowest BCUT2D eigenvalue weighted by atomic mass is 9.82. The fraction of sp³-hybridized carbons (Fsp3) is 0.650. The van der Waals surface area contributed by atoms with E-state index in [2.05, 4.69) is 17.4 Å². The molecule has 1 saturated heterocycles. The highest BCUT2D eigenvalue weighted by atomic mass is 16.5. The lowest BCUT2D eigenvalue weighted by molar-refractivity contribution is 0.113. The van der Waals surface area contributed by atoms with E-state index in [4.69, 9.17) is 9.47 Å². The first-order valence-electron chi connectivity index (χ1n) is 9.48. The van der Waals surface area contributed by atoms with Crippen molar-refractivity contribution in [2.24, 2.45) is 5.92 Å². The Balaban J connectivity index is 1.52. The number of ether oxygens (including phenoxy) is 2. The molecule has 0 bridgehead atoms. The molecule has 3 rings (SSSR count). The van der Waals surface area contributed by atoms with Crippen LogP contribution >= 0.6 is 0 Å². The Bertz CT molecular complexity index is 590. The summed E-state index contributed by atoms with van der Waals surface area (Å²) in [7, 11) is 1.71. The summed E-state index contributed by atoms with van der Waals surface area (Å²) in [6, 6.07) is 6.40. The second kappa shape index (κ2) is 8.56. The van der Waals surface area contributed by atoms with Crippen molar-refractivity contribution in [3.63, 3.8) is 0 Å². The molecule has 1 heterocycles. The number of rotatable bonds is 6. The zero-order valence-electron chi connectivity index (χ0n) is 15.4. The summed E-state index contributed by atoms with van der Waals surface area (Å²) in [5.74, 6) is 1.80. The summed E-state index contributed by atoms with van der Waals surface area (Å²) in [4.78, 5) is 14.4. The molecule has 5 nitrogen and oxygen atoms in total. The molecule has 2 amide bonds. The van der Waals surface area contributed by atoms with E-state index in [1.807, 2.05) is 17.9 Å². The van der Waals surface area contributed by atoms with Crippen molar-refractivity contribution in [1.29, 1.82) is 0 Å². The Morgan fingerprint density at radius 1 is 1.36 bits per heavy atom. The molecule has 2 aliphatic rings. The third kappa shape index (κ3) is 4.46. The van der Waals surface area contributed by atoms with E-state index in [-0.39, 0.29) is 6.03 Å².